The number of nitrogens with zero attached hydrogens (tertiary/aromatic N) is 1. The van der Waals surface area contributed by atoms with E-state index in [1.165, 1.54) is 0 Å². The van der Waals surface area contributed by atoms with Crippen molar-refractivity contribution in [1.82, 2.24) is 5.32 Å². The summed E-state index contributed by atoms with van der Waals surface area (Å²) in [6, 6.07) is 0. The van der Waals surface area contributed by atoms with Gasteiger partial charge in [-0.3, -0.25) is 4.99 Å². The van der Waals surface area contributed by atoms with Crippen LogP contribution in [-0.4, -0.2) is 46.0 Å². The van der Waals surface area contributed by atoms with Crippen molar-refractivity contribution in [2.75, 3.05) is 40.0 Å². The number of nitrogens with two attached hydrogens (primary N) is 1. The zero-order chi connectivity index (χ0) is 11.4. The Hall–Kier alpha value is -0.810. The number of nitrogens with one attached hydrogen (secondary N) is 1. The summed E-state index contributed by atoms with van der Waals surface area (Å²) in [5.41, 5.74) is 5.60. The van der Waals surface area contributed by atoms with E-state index in [2.05, 4.69) is 17.2 Å². The normalized spacial score (nSPS) is 11.7. The maximum atomic E-state index is 5.60. The molecule has 0 aromatic rings. The first-order valence-electron chi connectivity index (χ1n) is 5.41. The second-order valence-corrected chi connectivity index (χ2v) is 3.15. The van der Waals surface area contributed by atoms with Crippen LogP contribution < -0.4 is 11.1 Å². The molecule has 0 aromatic carbocycles. The SMILES string of the molecule is CCCN=C(N)NCCCOCCOC. The van der Waals surface area contributed by atoms with Crippen LogP contribution in [0.5, 0.6) is 0 Å². The van der Waals surface area contributed by atoms with Crippen molar-refractivity contribution in [2.45, 2.75) is 19.8 Å². The fraction of sp³-hybridized carbons (Fsp3) is 0.900. The van der Waals surface area contributed by atoms with Gasteiger partial charge in [-0.05, 0) is 12.8 Å². The maximum absolute atomic E-state index is 5.60. The Labute approximate surface area is 92.0 Å². The second-order valence-electron chi connectivity index (χ2n) is 3.15. The molecule has 0 radical (unpaired) electrons. The van der Waals surface area contributed by atoms with Gasteiger partial charge in [0.05, 0.1) is 13.2 Å². The molecule has 0 heterocycles. The lowest BCUT2D eigenvalue weighted by molar-refractivity contribution is 0.0699. The molecular weight excluding hydrogens is 194 g/mol. The smallest absolute Gasteiger partial charge is 0.188 e. The van der Waals surface area contributed by atoms with Gasteiger partial charge in [0, 0.05) is 26.8 Å². The van der Waals surface area contributed by atoms with Crippen molar-refractivity contribution >= 4 is 5.96 Å². The fourth-order valence-electron chi connectivity index (χ4n) is 0.923. The van der Waals surface area contributed by atoms with E-state index < -0.39 is 0 Å². The van der Waals surface area contributed by atoms with Crippen LogP contribution >= 0.6 is 0 Å². The van der Waals surface area contributed by atoms with Crippen LogP contribution in [0.15, 0.2) is 4.99 Å². The predicted molar refractivity (Wildman–Crippen MR) is 62.1 cm³/mol. The molecule has 0 aliphatic rings. The van der Waals surface area contributed by atoms with Gasteiger partial charge < -0.3 is 20.5 Å². The van der Waals surface area contributed by atoms with E-state index in [1.807, 2.05) is 0 Å². The topological polar surface area (TPSA) is 68.9 Å². The van der Waals surface area contributed by atoms with E-state index in [-0.39, 0.29) is 0 Å². The van der Waals surface area contributed by atoms with Crippen LogP contribution in [0.3, 0.4) is 0 Å². The summed E-state index contributed by atoms with van der Waals surface area (Å²) in [6.45, 7) is 5.66. The summed E-state index contributed by atoms with van der Waals surface area (Å²) in [5, 5.41) is 3.02. The van der Waals surface area contributed by atoms with Crippen molar-refractivity contribution in [2.24, 2.45) is 10.7 Å². The van der Waals surface area contributed by atoms with Gasteiger partial charge in [-0.1, -0.05) is 6.92 Å². The second kappa shape index (κ2) is 11.3. The lowest BCUT2D eigenvalue weighted by atomic mass is 10.4. The molecule has 3 N–H and O–H groups in total. The van der Waals surface area contributed by atoms with E-state index in [0.717, 1.165) is 32.5 Å². The Morgan fingerprint density at radius 2 is 2.13 bits per heavy atom. The van der Waals surface area contributed by atoms with Crippen LogP contribution in [0, 0.1) is 0 Å². The van der Waals surface area contributed by atoms with Gasteiger partial charge >= 0.3 is 0 Å². The van der Waals surface area contributed by atoms with Crippen LogP contribution in [0.2, 0.25) is 0 Å². The summed E-state index contributed by atoms with van der Waals surface area (Å²) in [5.74, 6) is 0.522. The molecule has 5 heteroatoms. The van der Waals surface area contributed by atoms with Gasteiger partial charge in [-0.25, -0.2) is 0 Å². The van der Waals surface area contributed by atoms with Crippen molar-refractivity contribution in [3.05, 3.63) is 0 Å². The highest BCUT2D eigenvalue weighted by atomic mass is 16.5. The summed E-state index contributed by atoms with van der Waals surface area (Å²) >= 11 is 0. The van der Waals surface area contributed by atoms with Crippen molar-refractivity contribution < 1.29 is 9.47 Å². The average Bonchev–Trinajstić information content (AvgIpc) is 2.25. The quantitative estimate of drug-likeness (QED) is 0.332. The van der Waals surface area contributed by atoms with E-state index >= 15 is 0 Å². The van der Waals surface area contributed by atoms with Gasteiger partial charge in [0.25, 0.3) is 0 Å². The molecule has 0 atom stereocenters. The Morgan fingerprint density at radius 1 is 1.33 bits per heavy atom. The molecule has 0 bridgehead atoms. The molecule has 5 nitrogen and oxygen atoms in total. The third-order valence-electron chi connectivity index (χ3n) is 1.71. The first-order chi connectivity index (χ1) is 7.31. The first-order valence-corrected chi connectivity index (χ1v) is 5.41. The van der Waals surface area contributed by atoms with Gasteiger partial charge in [-0.15, -0.1) is 0 Å². The van der Waals surface area contributed by atoms with Crippen LogP contribution in [0.1, 0.15) is 19.8 Å². The highest BCUT2D eigenvalue weighted by molar-refractivity contribution is 5.77. The molecular formula is C10H23N3O2. The Bertz CT molecular complexity index is 163. The van der Waals surface area contributed by atoms with Crippen molar-refractivity contribution in [3.8, 4) is 0 Å². The Morgan fingerprint density at radius 3 is 2.80 bits per heavy atom. The summed E-state index contributed by atoms with van der Waals surface area (Å²) < 4.78 is 10.1. The summed E-state index contributed by atoms with van der Waals surface area (Å²) in [4.78, 5) is 4.11. The summed E-state index contributed by atoms with van der Waals surface area (Å²) in [7, 11) is 1.66. The molecule has 0 aromatic heterocycles. The molecule has 0 spiro atoms. The van der Waals surface area contributed by atoms with Crippen LogP contribution in [0.4, 0.5) is 0 Å². The molecule has 0 amide bonds. The van der Waals surface area contributed by atoms with Gasteiger partial charge in [0.15, 0.2) is 5.96 Å². The molecule has 0 saturated heterocycles. The fourth-order valence-corrected chi connectivity index (χ4v) is 0.923. The van der Waals surface area contributed by atoms with Crippen molar-refractivity contribution in [1.29, 1.82) is 0 Å². The predicted octanol–water partition coefficient (Wildman–Crippen LogP) is 0.354. The number of guanidine groups is 1. The number of ether oxygens (including phenoxy) is 2. The van der Waals surface area contributed by atoms with Crippen LogP contribution in [-0.2, 0) is 9.47 Å². The molecule has 0 aliphatic heterocycles. The maximum Gasteiger partial charge on any atom is 0.188 e. The minimum atomic E-state index is 0.522. The molecule has 15 heavy (non-hydrogen) atoms. The molecule has 0 rings (SSSR count). The van der Waals surface area contributed by atoms with E-state index in [4.69, 9.17) is 15.2 Å². The average molecular weight is 217 g/mol. The largest absolute Gasteiger partial charge is 0.382 e. The number of methoxy groups -OCH3 is 1. The lowest BCUT2D eigenvalue weighted by Gasteiger charge is -2.06. The molecule has 0 fully saturated rings. The van der Waals surface area contributed by atoms with Crippen molar-refractivity contribution in [3.63, 3.8) is 0 Å². The minimum absolute atomic E-state index is 0.522. The number of hydrogen-bond donors (Lipinski definition) is 2. The number of hydrogen-bond acceptors (Lipinski definition) is 3. The molecule has 0 aliphatic carbocycles. The van der Waals surface area contributed by atoms with Gasteiger partial charge in [0.2, 0.25) is 0 Å². The third kappa shape index (κ3) is 11.1. The molecule has 0 saturated carbocycles. The third-order valence-corrected chi connectivity index (χ3v) is 1.71. The lowest BCUT2D eigenvalue weighted by Crippen LogP contribution is -2.33. The highest BCUT2D eigenvalue weighted by Crippen LogP contribution is 1.82. The minimum Gasteiger partial charge on any atom is -0.382 e. The number of rotatable bonds is 9. The zero-order valence-electron chi connectivity index (χ0n) is 9.79. The summed E-state index contributed by atoms with van der Waals surface area (Å²) in [6.07, 6.45) is 1.94. The molecule has 90 valence electrons. The monoisotopic (exact) mass is 217 g/mol. The Kier molecular flexibility index (Phi) is 10.7. The molecule has 0 unspecified atom stereocenters. The van der Waals surface area contributed by atoms with E-state index in [1.54, 1.807) is 7.11 Å². The number of aliphatic imine (C=N–C) groups is 1. The van der Waals surface area contributed by atoms with E-state index in [0.29, 0.717) is 19.2 Å². The van der Waals surface area contributed by atoms with Gasteiger partial charge in [0.1, 0.15) is 0 Å². The van der Waals surface area contributed by atoms with Gasteiger partial charge in [-0.2, -0.15) is 0 Å². The standard InChI is InChI=1S/C10H23N3O2/c1-3-5-12-10(11)13-6-4-7-15-9-8-14-2/h3-9H2,1-2H3,(H3,11,12,13). The highest BCUT2D eigenvalue weighted by Gasteiger charge is 1.91. The Balaban J connectivity index is 3.16. The first kappa shape index (κ1) is 14.2. The zero-order valence-corrected chi connectivity index (χ0v) is 9.79. The van der Waals surface area contributed by atoms with Crippen LogP contribution in [0.25, 0.3) is 0 Å². The van der Waals surface area contributed by atoms with E-state index in [9.17, 15) is 0 Å².